The maximum absolute atomic E-state index is 11.2. The first kappa shape index (κ1) is 12.7. The van der Waals surface area contributed by atoms with Gasteiger partial charge >= 0.3 is 0 Å². The third kappa shape index (κ3) is 2.27. The number of carbonyl (C=O) groups excluding carboxylic acids is 1. The average Bonchev–Trinajstić information content (AvgIpc) is 2.76. The summed E-state index contributed by atoms with van der Waals surface area (Å²) in [7, 11) is 0. The molecular formula is C17H17NO2. The molecular weight excluding hydrogens is 250 g/mol. The molecule has 102 valence electrons. The smallest absolute Gasteiger partial charge is 0.248 e. The highest BCUT2D eigenvalue weighted by atomic mass is 16.5. The maximum atomic E-state index is 11.2. The van der Waals surface area contributed by atoms with Crippen molar-refractivity contribution in [1.29, 1.82) is 0 Å². The molecule has 1 unspecified atom stereocenters. The molecule has 1 amide bonds. The zero-order valence-corrected chi connectivity index (χ0v) is 11.4. The molecule has 20 heavy (non-hydrogen) atoms. The van der Waals surface area contributed by atoms with Gasteiger partial charge in [0.2, 0.25) is 5.91 Å². The van der Waals surface area contributed by atoms with Crippen LogP contribution < -0.4 is 10.5 Å². The van der Waals surface area contributed by atoms with Crippen LogP contribution in [0.15, 0.2) is 48.5 Å². The van der Waals surface area contributed by atoms with Gasteiger partial charge in [-0.1, -0.05) is 37.3 Å². The van der Waals surface area contributed by atoms with Crippen LogP contribution in [-0.2, 0) is 6.42 Å². The van der Waals surface area contributed by atoms with E-state index >= 15 is 0 Å². The number of fused-ring (bicyclic) bond motifs is 1. The Balaban J connectivity index is 1.88. The first-order chi connectivity index (χ1) is 9.65. The lowest BCUT2D eigenvalue weighted by molar-refractivity contribution is 0.0999. The summed E-state index contributed by atoms with van der Waals surface area (Å²) in [5.41, 5.74) is 8.36. The lowest BCUT2D eigenvalue weighted by atomic mass is 10.1. The minimum atomic E-state index is -0.435. The van der Waals surface area contributed by atoms with Gasteiger partial charge in [-0.3, -0.25) is 4.79 Å². The predicted octanol–water partition coefficient (Wildman–Crippen LogP) is 3.10. The lowest BCUT2D eigenvalue weighted by Crippen LogP contribution is -2.13. The third-order valence-corrected chi connectivity index (χ3v) is 3.80. The SMILES string of the molecule is C[C@@H]1Cc2ccccc2C1Oc1cccc(C(N)=O)c1. The van der Waals surface area contributed by atoms with Crippen LogP contribution in [-0.4, -0.2) is 5.91 Å². The molecule has 2 aromatic carbocycles. The van der Waals surface area contributed by atoms with E-state index in [1.54, 1.807) is 18.2 Å². The second-order valence-electron chi connectivity index (χ2n) is 5.31. The van der Waals surface area contributed by atoms with Crippen molar-refractivity contribution in [2.45, 2.75) is 19.4 Å². The Bertz CT molecular complexity index is 651. The molecule has 0 fully saturated rings. The van der Waals surface area contributed by atoms with E-state index < -0.39 is 5.91 Å². The summed E-state index contributed by atoms with van der Waals surface area (Å²) in [4.78, 5) is 11.2. The zero-order valence-electron chi connectivity index (χ0n) is 11.4. The number of amides is 1. The molecule has 3 rings (SSSR count). The Hall–Kier alpha value is -2.29. The van der Waals surface area contributed by atoms with Crippen LogP contribution in [0, 0.1) is 5.92 Å². The van der Waals surface area contributed by atoms with Gasteiger partial charge in [0.15, 0.2) is 0 Å². The van der Waals surface area contributed by atoms with Crippen molar-refractivity contribution >= 4 is 5.91 Å². The van der Waals surface area contributed by atoms with Crippen molar-refractivity contribution in [2.75, 3.05) is 0 Å². The van der Waals surface area contributed by atoms with Gasteiger partial charge in [0, 0.05) is 11.5 Å². The molecule has 0 heterocycles. The third-order valence-electron chi connectivity index (χ3n) is 3.80. The van der Waals surface area contributed by atoms with E-state index in [0.29, 0.717) is 17.2 Å². The predicted molar refractivity (Wildman–Crippen MR) is 77.6 cm³/mol. The molecule has 0 spiro atoms. The summed E-state index contributed by atoms with van der Waals surface area (Å²) in [5.74, 6) is 0.676. The maximum Gasteiger partial charge on any atom is 0.248 e. The summed E-state index contributed by atoms with van der Waals surface area (Å²) >= 11 is 0. The van der Waals surface area contributed by atoms with E-state index in [2.05, 4.69) is 25.1 Å². The van der Waals surface area contributed by atoms with Crippen LogP contribution >= 0.6 is 0 Å². The van der Waals surface area contributed by atoms with Crippen LogP contribution in [0.1, 0.15) is 34.5 Å². The Labute approximate surface area is 118 Å². The fourth-order valence-corrected chi connectivity index (χ4v) is 2.81. The zero-order chi connectivity index (χ0) is 14.1. The largest absolute Gasteiger partial charge is 0.485 e. The Morgan fingerprint density at radius 3 is 2.80 bits per heavy atom. The van der Waals surface area contributed by atoms with E-state index in [-0.39, 0.29) is 6.10 Å². The number of rotatable bonds is 3. The quantitative estimate of drug-likeness (QED) is 0.929. The summed E-state index contributed by atoms with van der Waals surface area (Å²) in [5, 5.41) is 0. The van der Waals surface area contributed by atoms with Gasteiger partial charge in [0.1, 0.15) is 11.9 Å². The average molecular weight is 267 g/mol. The van der Waals surface area contributed by atoms with Gasteiger partial charge in [0.25, 0.3) is 0 Å². The second-order valence-corrected chi connectivity index (χ2v) is 5.31. The first-order valence-corrected chi connectivity index (χ1v) is 6.79. The van der Waals surface area contributed by atoms with Gasteiger partial charge in [0.05, 0.1) is 0 Å². The topological polar surface area (TPSA) is 52.3 Å². The Kier molecular flexibility index (Phi) is 3.18. The molecule has 3 nitrogen and oxygen atoms in total. The highest BCUT2D eigenvalue weighted by Crippen LogP contribution is 2.39. The first-order valence-electron chi connectivity index (χ1n) is 6.79. The van der Waals surface area contributed by atoms with Crippen LogP contribution in [0.25, 0.3) is 0 Å². The van der Waals surface area contributed by atoms with Crippen molar-refractivity contribution in [3.05, 3.63) is 65.2 Å². The summed E-state index contributed by atoms with van der Waals surface area (Å²) in [6, 6.07) is 15.4. The molecule has 0 aliphatic heterocycles. The number of hydrogen-bond acceptors (Lipinski definition) is 2. The molecule has 1 aliphatic carbocycles. The number of benzene rings is 2. The monoisotopic (exact) mass is 267 g/mol. The molecule has 1 aliphatic rings. The van der Waals surface area contributed by atoms with Crippen molar-refractivity contribution < 1.29 is 9.53 Å². The second kappa shape index (κ2) is 5.00. The van der Waals surface area contributed by atoms with Crippen molar-refractivity contribution in [1.82, 2.24) is 0 Å². The standard InChI is InChI=1S/C17H17NO2/c1-11-9-12-5-2-3-8-15(12)16(11)20-14-7-4-6-13(10-14)17(18)19/h2-8,10-11,16H,9H2,1H3,(H2,18,19)/t11-,16?/m1/s1. The summed E-state index contributed by atoms with van der Waals surface area (Å²) in [6.07, 6.45) is 1.06. The van der Waals surface area contributed by atoms with E-state index in [1.165, 1.54) is 11.1 Å². The summed E-state index contributed by atoms with van der Waals surface area (Å²) in [6.45, 7) is 2.18. The van der Waals surface area contributed by atoms with E-state index in [0.717, 1.165) is 6.42 Å². The normalized spacial score (nSPS) is 20.4. The van der Waals surface area contributed by atoms with Crippen molar-refractivity contribution in [2.24, 2.45) is 11.7 Å². The minimum absolute atomic E-state index is 0.0364. The van der Waals surface area contributed by atoms with Gasteiger partial charge < -0.3 is 10.5 Å². The Morgan fingerprint density at radius 1 is 1.20 bits per heavy atom. The number of ether oxygens (including phenoxy) is 1. The van der Waals surface area contributed by atoms with Crippen LogP contribution in [0.5, 0.6) is 5.75 Å². The molecule has 2 atom stereocenters. The molecule has 0 radical (unpaired) electrons. The lowest BCUT2D eigenvalue weighted by Gasteiger charge is -2.19. The Morgan fingerprint density at radius 2 is 2.00 bits per heavy atom. The molecule has 2 aromatic rings. The number of hydrogen-bond donors (Lipinski definition) is 1. The van der Waals surface area contributed by atoms with E-state index in [4.69, 9.17) is 10.5 Å². The van der Waals surface area contributed by atoms with Crippen LogP contribution in [0.4, 0.5) is 0 Å². The molecule has 0 aromatic heterocycles. The van der Waals surface area contributed by atoms with Gasteiger partial charge in [-0.2, -0.15) is 0 Å². The number of primary amides is 1. The molecule has 0 saturated carbocycles. The summed E-state index contributed by atoms with van der Waals surface area (Å²) < 4.78 is 6.10. The molecule has 0 saturated heterocycles. The highest BCUT2D eigenvalue weighted by molar-refractivity contribution is 5.93. The van der Waals surface area contributed by atoms with Crippen LogP contribution in [0.3, 0.4) is 0 Å². The minimum Gasteiger partial charge on any atom is -0.485 e. The van der Waals surface area contributed by atoms with Crippen molar-refractivity contribution in [3.63, 3.8) is 0 Å². The molecule has 2 N–H and O–H groups in total. The van der Waals surface area contributed by atoms with Gasteiger partial charge in [-0.15, -0.1) is 0 Å². The van der Waals surface area contributed by atoms with Gasteiger partial charge in [-0.05, 0) is 35.7 Å². The fourth-order valence-electron chi connectivity index (χ4n) is 2.81. The molecule has 3 heteroatoms. The fraction of sp³-hybridized carbons (Fsp3) is 0.235. The van der Waals surface area contributed by atoms with E-state index in [1.807, 2.05) is 12.1 Å². The number of carbonyl (C=O) groups is 1. The number of nitrogens with two attached hydrogens (primary N) is 1. The van der Waals surface area contributed by atoms with E-state index in [9.17, 15) is 4.79 Å². The van der Waals surface area contributed by atoms with Crippen molar-refractivity contribution in [3.8, 4) is 5.75 Å². The molecule has 0 bridgehead atoms. The van der Waals surface area contributed by atoms with Gasteiger partial charge in [-0.25, -0.2) is 0 Å². The highest BCUT2D eigenvalue weighted by Gasteiger charge is 2.30. The van der Waals surface area contributed by atoms with Crippen LogP contribution in [0.2, 0.25) is 0 Å².